The van der Waals surface area contributed by atoms with E-state index in [1.807, 2.05) is 0 Å². The van der Waals surface area contributed by atoms with Crippen molar-refractivity contribution in [2.75, 3.05) is 46.1 Å². The molecule has 0 fully saturated rings. The van der Waals surface area contributed by atoms with Gasteiger partial charge in [-0.1, -0.05) is 64.7 Å². The number of hydroxylamine groups is 3. The molecule has 0 saturated carbocycles. The Morgan fingerprint density at radius 1 is 0.840 bits per heavy atom. The fourth-order valence-electron chi connectivity index (χ4n) is 3.01. The molecule has 0 saturated heterocycles. The number of aliphatic hydroxyl groups excluding tert-OH is 3. The van der Waals surface area contributed by atoms with Gasteiger partial charge in [-0.2, -0.15) is 0 Å². The molecule has 0 bridgehead atoms. The van der Waals surface area contributed by atoms with Crippen molar-refractivity contribution in [1.29, 1.82) is 0 Å². The molecule has 1 unspecified atom stereocenters. The Morgan fingerprint density at radius 2 is 1.32 bits per heavy atom. The summed E-state index contributed by atoms with van der Waals surface area (Å²) in [4.78, 5) is 0. The predicted molar refractivity (Wildman–Crippen MR) is 101 cm³/mol. The molecule has 6 nitrogen and oxygen atoms in total. The minimum absolute atomic E-state index is 0.0178. The first-order chi connectivity index (χ1) is 12.1. The first-order valence-corrected chi connectivity index (χ1v) is 10.1. The third-order valence-electron chi connectivity index (χ3n) is 4.51. The zero-order chi connectivity index (χ0) is 18.8. The molecule has 6 heteroatoms. The van der Waals surface area contributed by atoms with Gasteiger partial charge in [-0.15, -0.1) is 0 Å². The summed E-state index contributed by atoms with van der Waals surface area (Å²) in [5.74, 6) is 0. The van der Waals surface area contributed by atoms with Gasteiger partial charge in [0.15, 0.2) is 0 Å². The second kappa shape index (κ2) is 17.2. The molecule has 152 valence electrons. The summed E-state index contributed by atoms with van der Waals surface area (Å²) in [5.41, 5.74) is 0. The van der Waals surface area contributed by atoms with Crippen LogP contribution in [0.4, 0.5) is 0 Å². The Kier molecular flexibility index (Phi) is 17.0. The molecule has 0 aromatic carbocycles. The van der Waals surface area contributed by atoms with Crippen molar-refractivity contribution >= 4 is 0 Å². The van der Waals surface area contributed by atoms with Crippen molar-refractivity contribution in [1.82, 2.24) is 0 Å². The smallest absolute Gasteiger partial charge is 0.126 e. The molecular weight excluding hydrogens is 322 g/mol. The molecule has 25 heavy (non-hydrogen) atoms. The van der Waals surface area contributed by atoms with Gasteiger partial charge in [-0.3, -0.25) is 0 Å². The van der Waals surface area contributed by atoms with Crippen LogP contribution in [0.3, 0.4) is 0 Å². The van der Waals surface area contributed by atoms with Crippen molar-refractivity contribution in [3.63, 3.8) is 0 Å². The highest BCUT2D eigenvalue weighted by Crippen LogP contribution is 2.11. The van der Waals surface area contributed by atoms with E-state index in [4.69, 9.17) is 14.9 Å². The quantitative estimate of drug-likeness (QED) is 0.186. The molecule has 0 aromatic heterocycles. The van der Waals surface area contributed by atoms with Crippen LogP contribution in [-0.2, 0) is 4.74 Å². The number of hydrogen-bond donors (Lipinski definition) is 3. The lowest BCUT2D eigenvalue weighted by molar-refractivity contribution is -0.884. The standard InChI is InChI=1S/C19H41NO5/c1-2-3-4-5-6-7-8-9-10-11-16-25-18-19(23)17-20(24,12-14-21)13-15-22/h19,21-23H,2-18H2,1H3. The van der Waals surface area contributed by atoms with Crippen LogP contribution in [0.25, 0.3) is 0 Å². The lowest BCUT2D eigenvalue weighted by Gasteiger charge is -2.43. The fraction of sp³-hybridized carbons (Fsp3) is 1.00. The highest BCUT2D eigenvalue weighted by molar-refractivity contribution is 4.56. The number of ether oxygens (including phenoxy) is 1. The normalized spacial score (nSPS) is 13.3. The topological polar surface area (TPSA) is 93.0 Å². The van der Waals surface area contributed by atoms with E-state index in [0.29, 0.717) is 6.61 Å². The summed E-state index contributed by atoms with van der Waals surface area (Å²) in [5, 5.41) is 40.0. The first kappa shape index (κ1) is 24.8. The molecule has 0 aliphatic rings. The lowest BCUT2D eigenvalue weighted by atomic mass is 10.1. The van der Waals surface area contributed by atoms with Crippen LogP contribution in [0.5, 0.6) is 0 Å². The molecule has 0 aromatic rings. The summed E-state index contributed by atoms with van der Waals surface area (Å²) in [6.07, 6.45) is 11.8. The van der Waals surface area contributed by atoms with Crippen LogP contribution in [0.1, 0.15) is 71.1 Å². The van der Waals surface area contributed by atoms with Crippen molar-refractivity contribution in [3.8, 4) is 0 Å². The van der Waals surface area contributed by atoms with Gasteiger partial charge in [0, 0.05) is 6.61 Å². The SMILES string of the molecule is CCCCCCCCCCCCOCC(O)C[N+]([O-])(CCO)CCO. The van der Waals surface area contributed by atoms with Gasteiger partial charge in [0.05, 0.1) is 19.8 Å². The van der Waals surface area contributed by atoms with Gasteiger partial charge >= 0.3 is 0 Å². The highest BCUT2D eigenvalue weighted by atomic mass is 16.6. The van der Waals surface area contributed by atoms with E-state index >= 15 is 0 Å². The number of unbranched alkanes of at least 4 members (excludes halogenated alkanes) is 9. The van der Waals surface area contributed by atoms with Crippen molar-refractivity contribution in [2.24, 2.45) is 0 Å². The zero-order valence-electron chi connectivity index (χ0n) is 16.2. The molecule has 0 spiro atoms. The Labute approximate surface area is 154 Å². The van der Waals surface area contributed by atoms with E-state index in [0.717, 1.165) is 12.8 Å². The van der Waals surface area contributed by atoms with Crippen LogP contribution in [0.2, 0.25) is 0 Å². The Bertz CT molecular complexity index is 273. The van der Waals surface area contributed by atoms with Crippen LogP contribution < -0.4 is 0 Å². The van der Waals surface area contributed by atoms with E-state index in [1.54, 1.807) is 0 Å². The van der Waals surface area contributed by atoms with Gasteiger partial charge in [-0.05, 0) is 6.42 Å². The molecule has 0 aliphatic heterocycles. The summed E-state index contributed by atoms with van der Waals surface area (Å²) in [6.45, 7) is 2.38. The Morgan fingerprint density at radius 3 is 1.80 bits per heavy atom. The van der Waals surface area contributed by atoms with Crippen molar-refractivity contribution < 1.29 is 24.7 Å². The molecule has 3 N–H and O–H groups in total. The molecule has 1 atom stereocenters. The van der Waals surface area contributed by atoms with Crippen LogP contribution >= 0.6 is 0 Å². The van der Waals surface area contributed by atoms with Crippen LogP contribution in [0.15, 0.2) is 0 Å². The summed E-state index contributed by atoms with van der Waals surface area (Å²) in [6, 6.07) is 0. The van der Waals surface area contributed by atoms with Gasteiger partial charge in [-0.25, -0.2) is 0 Å². The second-order valence-electron chi connectivity index (χ2n) is 7.05. The van der Waals surface area contributed by atoms with E-state index < -0.39 is 10.8 Å². The third-order valence-corrected chi connectivity index (χ3v) is 4.51. The predicted octanol–water partition coefficient (Wildman–Crippen LogP) is 2.58. The molecule has 0 radical (unpaired) electrons. The fourth-order valence-corrected chi connectivity index (χ4v) is 3.01. The van der Waals surface area contributed by atoms with Gasteiger partial charge < -0.3 is 29.9 Å². The van der Waals surface area contributed by atoms with E-state index in [-0.39, 0.29) is 39.5 Å². The van der Waals surface area contributed by atoms with Gasteiger partial charge in [0.2, 0.25) is 0 Å². The maximum atomic E-state index is 12.2. The summed E-state index contributed by atoms with van der Waals surface area (Å²) in [7, 11) is 0. The minimum Gasteiger partial charge on any atom is -0.633 e. The van der Waals surface area contributed by atoms with Gasteiger partial charge in [0.25, 0.3) is 0 Å². The zero-order valence-corrected chi connectivity index (χ0v) is 16.2. The Balaban J connectivity index is 3.49. The van der Waals surface area contributed by atoms with Crippen LogP contribution in [0, 0.1) is 5.21 Å². The molecule has 0 amide bonds. The third kappa shape index (κ3) is 15.7. The number of aliphatic hydroxyl groups is 3. The summed E-state index contributed by atoms with van der Waals surface area (Å²) < 4.78 is 4.66. The van der Waals surface area contributed by atoms with Gasteiger partial charge in [0.1, 0.15) is 25.7 Å². The maximum Gasteiger partial charge on any atom is 0.126 e. The Hall–Kier alpha value is -0.240. The molecular formula is C19H41NO5. The number of quaternary nitrogens is 1. The van der Waals surface area contributed by atoms with Crippen molar-refractivity contribution in [3.05, 3.63) is 5.21 Å². The van der Waals surface area contributed by atoms with E-state index in [2.05, 4.69) is 6.92 Å². The van der Waals surface area contributed by atoms with Crippen LogP contribution in [-0.4, -0.2) is 72.1 Å². The molecule has 0 heterocycles. The maximum absolute atomic E-state index is 12.2. The van der Waals surface area contributed by atoms with Crippen molar-refractivity contribution in [2.45, 2.75) is 77.2 Å². The monoisotopic (exact) mass is 363 g/mol. The average Bonchev–Trinajstić information content (AvgIpc) is 2.56. The minimum atomic E-state index is -0.862. The van der Waals surface area contributed by atoms with E-state index in [1.165, 1.54) is 51.4 Å². The number of rotatable bonds is 19. The second-order valence-corrected chi connectivity index (χ2v) is 7.05. The lowest BCUT2D eigenvalue weighted by Crippen LogP contribution is -2.51. The first-order valence-electron chi connectivity index (χ1n) is 10.1. The average molecular weight is 364 g/mol. The largest absolute Gasteiger partial charge is 0.633 e. The highest BCUT2D eigenvalue weighted by Gasteiger charge is 2.20. The molecule has 0 aliphatic carbocycles. The summed E-state index contributed by atoms with van der Waals surface area (Å²) >= 11 is 0. The molecule has 0 rings (SSSR count). The van der Waals surface area contributed by atoms with E-state index in [9.17, 15) is 10.3 Å². The number of nitrogens with zero attached hydrogens (tertiary/aromatic N) is 1. The number of hydrogen-bond acceptors (Lipinski definition) is 5.